The van der Waals surface area contributed by atoms with Crippen LogP contribution in [0.1, 0.15) is 16.8 Å². The summed E-state index contributed by atoms with van der Waals surface area (Å²) in [6, 6.07) is 11.7. The Kier molecular flexibility index (Phi) is 5.40. The van der Waals surface area contributed by atoms with E-state index < -0.39 is 22.0 Å². The molecule has 1 atom stereocenters. The molecule has 2 N–H and O–H groups in total. The molecule has 26 heavy (non-hydrogen) atoms. The maximum Gasteiger partial charge on any atom is 0.324 e. The van der Waals surface area contributed by atoms with Crippen LogP contribution >= 0.6 is 15.9 Å². The third-order valence-electron chi connectivity index (χ3n) is 3.76. The second kappa shape index (κ2) is 7.56. The van der Waals surface area contributed by atoms with E-state index in [4.69, 9.17) is 4.74 Å². The van der Waals surface area contributed by atoms with Gasteiger partial charge in [-0.25, -0.2) is 8.42 Å². The van der Waals surface area contributed by atoms with Gasteiger partial charge in [0.2, 0.25) is 10.0 Å². The lowest BCUT2D eigenvalue weighted by atomic mass is 10.2. The fraction of sp³-hybridized carbons (Fsp3) is 0.176. The Bertz CT molecular complexity index is 927. The summed E-state index contributed by atoms with van der Waals surface area (Å²) in [6.45, 7) is 0.201. The van der Waals surface area contributed by atoms with Crippen LogP contribution in [-0.4, -0.2) is 32.9 Å². The number of nitrogens with one attached hydrogen (secondary N) is 2. The van der Waals surface area contributed by atoms with Gasteiger partial charge < -0.3 is 10.1 Å². The molecule has 1 unspecified atom stereocenters. The number of hydrogen-bond donors (Lipinski definition) is 2. The van der Waals surface area contributed by atoms with Crippen molar-refractivity contribution < 1.29 is 22.7 Å². The lowest BCUT2D eigenvalue weighted by Crippen LogP contribution is -2.37. The molecule has 136 valence electrons. The molecule has 3 rings (SSSR count). The monoisotopic (exact) mass is 438 g/mol. The third kappa shape index (κ3) is 4.29. The average molecular weight is 439 g/mol. The molecule has 2 aromatic rings. The van der Waals surface area contributed by atoms with Crippen LogP contribution in [0.25, 0.3) is 0 Å². The van der Waals surface area contributed by atoms with Crippen LogP contribution < -0.4 is 10.0 Å². The number of hydrogen-bond acceptors (Lipinski definition) is 5. The van der Waals surface area contributed by atoms with Gasteiger partial charge in [0, 0.05) is 22.1 Å². The molecule has 1 heterocycles. The molecule has 0 spiro atoms. The summed E-state index contributed by atoms with van der Waals surface area (Å²) in [5.41, 5.74) is 0.934. The van der Waals surface area contributed by atoms with E-state index in [2.05, 4.69) is 26.0 Å². The minimum absolute atomic E-state index is 0.00107. The Labute approximate surface area is 158 Å². The van der Waals surface area contributed by atoms with Gasteiger partial charge in [-0.15, -0.1) is 0 Å². The smallest absolute Gasteiger partial charge is 0.324 e. The van der Waals surface area contributed by atoms with Gasteiger partial charge in [-0.1, -0.05) is 15.9 Å². The molecule has 1 aliphatic rings. The van der Waals surface area contributed by atoms with Crippen LogP contribution in [0.3, 0.4) is 0 Å². The molecule has 0 aliphatic carbocycles. The number of benzene rings is 2. The highest BCUT2D eigenvalue weighted by Crippen LogP contribution is 2.18. The highest BCUT2D eigenvalue weighted by Gasteiger charge is 2.31. The molecule has 1 saturated heterocycles. The van der Waals surface area contributed by atoms with Crippen molar-refractivity contribution in [3.8, 4) is 0 Å². The van der Waals surface area contributed by atoms with E-state index in [0.29, 0.717) is 17.7 Å². The summed E-state index contributed by atoms with van der Waals surface area (Å²) < 4.78 is 32.5. The predicted octanol–water partition coefficient (Wildman–Crippen LogP) is 2.30. The summed E-state index contributed by atoms with van der Waals surface area (Å²) in [5, 5.41) is 2.69. The standard InChI is InChI=1S/C17H15BrN2O5S/c18-12-3-1-11(2-4-12)16(21)19-13-5-7-14(8-6-13)26(23,24)20-15-9-10-25-17(15)22/h1-8,15,20H,9-10H2,(H,19,21). The van der Waals surface area contributed by atoms with Crippen molar-refractivity contribution in [1.82, 2.24) is 4.72 Å². The van der Waals surface area contributed by atoms with Crippen molar-refractivity contribution in [2.24, 2.45) is 0 Å². The number of carbonyl (C=O) groups is 2. The van der Waals surface area contributed by atoms with Crippen LogP contribution in [0.2, 0.25) is 0 Å². The number of carbonyl (C=O) groups excluding carboxylic acids is 2. The highest BCUT2D eigenvalue weighted by molar-refractivity contribution is 9.10. The molecule has 1 aliphatic heterocycles. The van der Waals surface area contributed by atoms with Crippen molar-refractivity contribution in [1.29, 1.82) is 0 Å². The van der Waals surface area contributed by atoms with Crippen molar-refractivity contribution in [2.75, 3.05) is 11.9 Å². The van der Waals surface area contributed by atoms with E-state index in [1.807, 2.05) is 0 Å². The molecule has 0 aromatic heterocycles. The predicted molar refractivity (Wildman–Crippen MR) is 98.2 cm³/mol. The fourth-order valence-corrected chi connectivity index (χ4v) is 3.86. The number of cyclic esters (lactones) is 1. The van der Waals surface area contributed by atoms with E-state index in [-0.39, 0.29) is 17.4 Å². The average Bonchev–Trinajstić information content (AvgIpc) is 3.00. The van der Waals surface area contributed by atoms with E-state index in [0.717, 1.165) is 4.47 Å². The maximum absolute atomic E-state index is 12.3. The molecule has 0 bridgehead atoms. The van der Waals surface area contributed by atoms with Gasteiger partial charge in [-0.2, -0.15) is 4.72 Å². The topological polar surface area (TPSA) is 102 Å². The highest BCUT2D eigenvalue weighted by atomic mass is 79.9. The van der Waals surface area contributed by atoms with Crippen molar-refractivity contribution >= 4 is 43.5 Å². The summed E-state index contributed by atoms with van der Waals surface area (Å²) in [5.74, 6) is -0.883. The first kappa shape index (κ1) is 18.6. The van der Waals surface area contributed by atoms with Crippen molar-refractivity contribution in [3.05, 3.63) is 58.6 Å². The largest absolute Gasteiger partial charge is 0.464 e. The number of rotatable bonds is 5. The summed E-state index contributed by atoms with van der Waals surface area (Å²) in [6.07, 6.45) is 0.305. The van der Waals surface area contributed by atoms with Crippen LogP contribution in [0.4, 0.5) is 5.69 Å². The molecule has 9 heteroatoms. The zero-order valence-electron chi connectivity index (χ0n) is 13.4. The van der Waals surface area contributed by atoms with Gasteiger partial charge in [-0.3, -0.25) is 9.59 Å². The maximum atomic E-state index is 12.3. The third-order valence-corrected chi connectivity index (χ3v) is 5.78. The van der Waals surface area contributed by atoms with Crippen LogP contribution in [0, 0.1) is 0 Å². The number of amides is 1. The van der Waals surface area contributed by atoms with E-state index >= 15 is 0 Å². The molecular weight excluding hydrogens is 424 g/mol. The summed E-state index contributed by atoms with van der Waals surface area (Å²) >= 11 is 3.30. The number of esters is 1. The minimum Gasteiger partial charge on any atom is -0.464 e. The molecule has 0 radical (unpaired) electrons. The van der Waals surface area contributed by atoms with Crippen molar-refractivity contribution in [3.63, 3.8) is 0 Å². The van der Waals surface area contributed by atoms with Gasteiger partial charge in [0.1, 0.15) is 6.04 Å². The summed E-state index contributed by atoms with van der Waals surface area (Å²) in [7, 11) is -3.85. The van der Waals surface area contributed by atoms with Gasteiger partial charge in [0.15, 0.2) is 0 Å². The number of anilines is 1. The molecule has 2 aromatic carbocycles. The molecule has 1 fully saturated rings. The Balaban J connectivity index is 1.68. The second-order valence-corrected chi connectivity index (χ2v) is 8.25. The van der Waals surface area contributed by atoms with E-state index in [1.165, 1.54) is 24.3 Å². The van der Waals surface area contributed by atoms with Gasteiger partial charge >= 0.3 is 5.97 Å². The SMILES string of the molecule is O=C(Nc1ccc(S(=O)(=O)NC2CCOC2=O)cc1)c1ccc(Br)cc1. The van der Waals surface area contributed by atoms with Gasteiger partial charge in [0.25, 0.3) is 5.91 Å². The fourth-order valence-electron chi connectivity index (χ4n) is 2.38. The van der Waals surface area contributed by atoms with Crippen molar-refractivity contribution in [2.45, 2.75) is 17.4 Å². The van der Waals surface area contributed by atoms with Crippen LogP contribution in [-0.2, 0) is 19.6 Å². The first-order valence-corrected chi connectivity index (χ1v) is 9.99. The molecule has 0 saturated carbocycles. The molecule has 7 nitrogen and oxygen atoms in total. The zero-order chi connectivity index (χ0) is 18.7. The molecular formula is C17H15BrN2O5S. The quantitative estimate of drug-likeness (QED) is 0.697. The van der Waals surface area contributed by atoms with Crippen LogP contribution in [0.5, 0.6) is 0 Å². The van der Waals surface area contributed by atoms with Gasteiger partial charge in [0.05, 0.1) is 11.5 Å². The van der Waals surface area contributed by atoms with E-state index in [9.17, 15) is 18.0 Å². The first-order chi connectivity index (χ1) is 12.3. The number of halogens is 1. The summed E-state index contributed by atoms with van der Waals surface area (Å²) in [4.78, 5) is 23.6. The lowest BCUT2D eigenvalue weighted by molar-refractivity contribution is -0.139. The Morgan fingerprint density at radius 1 is 1.08 bits per heavy atom. The van der Waals surface area contributed by atoms with Crippen LogP contribution in [0.15, 0.2) is 57.9 Å². The number of ether oxygens (including phenoxy) is 1. The first-order valence-electron chi connectivity index (χ1n) is 7.71. The number of sulfonamides is 1. The molecule has 1 amide bonds. The lowest BCUT2D eigenvalue weighted by Gasteiger charge is -2.11. The second-order valence-electron chi connectivity index (χ2n) is 5.62. The Hall–Kier alpha value is -2.23. The van der Waals surface area contributed by atoms with E-state index in [1.54, 1.807) is 24.3 Å². The van der Waals surface area contributed by atoms with Gasteiger partial charge in [-0.05, 0) is 48.5 Å². The minimum atomic E-state index is -3.85. The normalized spacial score (nSPS) is 17.0. The zero-order valence-corrected chi connectivity index (χ0v) is 15.8. The Morgan fingerprint density at radius 3 is 2.31 bits per heavy atom. The Morgan fingerprint density at radius 2 is 1.73 bits per heavy atom.